The van der Waals surface area contributed by atoms with E-state index in [1.54, 1.807) is 12.3 Å². The Hall–Kier alpha value is -4.99. The number of benzene rings is 1. The van der Waals surface area contributed by atoms with Gasteiger partial charge in [-0.2, -0.15) is 0 Å². The highest BCUT2D eigenvalue weighted by Gasteiger charge is 2.28. The molecule has 3 aromatic heterocycles. The van der Waals surface area contributed by atoms with Crippen LogP contribution in [0.2, 0.25) is 0 Å². The van der Waals surface area contributed by atoms with Crippen LogP contribution in [-0.4, -0.2) is 78.3 Å². The number of fused-ring (bicyclic) bond motifs is 4. The molecule has 2 atom stereocenters. The van der Waals surface area contributed by atoms with Crippen LogP contribution in [0.1, 0.15) is 75.6 Å². The fraction of sp³-hybridized carbons (Fsp3) is 0.414. The molecule has 0 spiro atoms. The second-order valence-electron chi connectivity index (χ2n) is 10.9. The van der Waals surface area contributed by atoms with Crippen molar-refractivity contribution >= 4 is 35.0 Å². The molecule has 16 heteroatoms. The number of tetrazole rings is 1. The molecule has 0 saturated carbocycles. The lowest BCUT2D eigenvalue weighted by Crippen LogP contribution is -2.45. The molecule has 1 aromatic carbocycles. The second kappa shape index (κ2) is 14.2. The van der Waals surface area contributed by atoms with Gasteiger partial charge in [-0.1, -0.05) is 44.2 Å². The Bertz CT molecular complexity index is 1650. The van der Waals surface area contributed by atoms with Crippen molar-refractivity contribution in [1.82, 2.24) is 51.0 Å². The van der Waals surface area contributed by atoms with Gasteiger partial charge in [0.2, 0.25) is 17.7 Å². The van der Waals surface area contributed by atoms with Crippen LogP contribution < -0.4 is 16.0 Å². The van der Waals surface area contributed by atoms with Gasteiger partial charge in [0.15, 0.2) is 5.69 Å². The van der Waals surface area contributed by atoms with Gasteiger partial charge in [0.25, 0.3) is 11.8 Å². The Morgan fingerprint density at radius 1 is 1.09 bits per heavy atom. The molecular formula is C29H34N10O5S. The van der Waals surface area contributed by atoms with Gasteiger partial charge >= 0.3 is 0 Å². The summed E-state index contributed by atoms with van der Waals surface area (Å²) in [6.07, 6.45) is 1.63. The Balaban J connectivity index is 1.41. The number of rotatable bonds is 6. The third-order valence-electron chi connectivity index (χ3n) is 7.25. The standard InChI is InChI=1S/C29H34N10O5S/c1-17(2)25-29-33-22(16-45-29)27(43)31-20(13-19-7-5-4-6-8-19)28-32-21(15-44-28)26(42)30-10-12-38(14-23(40)34-25)24(41)9-11-39-18(3)35-36-37-39/h4-8,15-17,20,25H,9-14H2,1-3H3,(H,30,42)(H,31,43)(H,34,40)/t20-,25-/m0/s1. The molecule has 0 aliphatic carbocycles. The van der Waals surface area contributed by atoms with Crippen molar-refractivity contribution in [3.05, 3.63) is 75.6 Å². The van der Waals surface area contributed by atoms with E-state index >= 15 is 0 Å². The number of hydrogen-bond donors (Lipinski definition) is 3. The molecule has 1 aliphatic heterocycles. The van der Waals surface area contributed by atoms with Gasteiger partial charge in [-0.15, -0.1) is 16.4 Å². The molecule has 4 amide bonds. The predicted octanol–water partition coefficient (Wildman–Crippen LogP) is 1.62. The van der Waals surface area contributed by atoms with Crippen LogP contribution in [0.15, 0.2) is 46.4 Å². The number of carbonyl (C=O) groups excluding carboxylic acids is 4. The summed E-state index contributed by atoms with van der Waals surface area (Å²) in [6, 6.07) is 8.32. The highest BCUT2D eigenvalue weighted by atomic mass is 32.1. The molecule has 5 rings (SSSR count). The van der Waals surface area contributed by atoms with Crippen LogP contribution in [-0.2, 0) is 22.6 Å². The van der Waals surface area contributed by atoms with Crippen molar-refractivity contribution in [3.8, 4) is 0 Å². The van der Waals surface area contributed by atoms with Gasteiger partial charge in [-0.25, -0.2) is 14.6 Å². The van der Waals surface area contributed by atoms with E-state index in [2.05, 4.69) is 41.4 Å². The van der Waals surface area contributed by atoms with Crippen molar-refractivity contribution in [3.63, 3.8) is 0 Å². The van der Waals surface area contributed by atoms with Crippen LogP contribution in [0, 0.1) is 12.8 Å². The topological polar surface area (TPSA) is 190 Å². The highest BCUT2D eigenvalue weighted by molar-refractivity contribution is 7.09. The van der Waals surface area contributed by atoms with E-state index in [0.717, 1.165) is 5.56 Å². The quantitative estimate of drug-likeness (QED) is 0.281. The van der Waals surface area contributed by atoms with Gasteiger partial charge in [-0.05, 0) is 28.8 Å². The van der Waals surface area contributed by atoms with E-state index in [-0.39, 0.29) is 61.7 Å². The summed E-state index contributed by atoms with van der Waals surface area (Å²) in [5, 5.41) is 22.1. The minimum Gasteiger partial charge on any atom is -0.446 e. The van der Waals surface area contributed by atoms with Crippen LogP contribution >= 0.6 is 11.3 Å². The van der Waals surface area contributed by atoms with Crippen LogP contribution in [0.25, 0.3) is 0 Å². The molecule has 0 fully saturated rings. The molecular weight excluding hydrogens is 600 g/mol. The minimum atomic E-state index is -0.692. The van der Waals surface area contributed by atoms with Gasteiger partial charge < -0.3 is 25.3 Å². The number of hydrogen-bond acceptors (Lipinski definition) is 11. The van der Waals surface area contributed by atoms with Crippen molar-refractivity contribution in [1.29, 1.82) is 0 Å². The fourth-order valence-electron chi connectivity index (χ4n) is 4.78. The number of aryl methyl sites for hydroxylation is 2. The maximum Gasteiger partial charge on any atom is 0.273 e. The lowest BCUT2D eigenvalue weighted by molar-refractivity contribution is -0.136. The zero-order valence-corrected chi connectivity index (χ0v) is 25.9. The van der Waals surface area contributed by atoms with Crippen LogP contribution in [0.5, 0.6) is 0 Å². The molecule has 4 heterocycles. The molecule has 4 bridgehead atoms. The monoisotopic (exact) mass is 634 g/mol. The van der Waals surface area contributed by atoms with E-state index in [1.165, 1.54) is 27.2 Å². The van der Waals surface area contributed by atoms with E-state index < -0.39 is 29.8 Å². The number of nitrogens with zero attached hydrogens (tertiary/aromatic N) is 7. The van der Waals surface area contributed by atoms with Gasteiger partial charge in [0, 0.05) is 31.3 Å². The molecule has 15 nitrogen and oxygen atoms in total. The Labute approximate surface area is 262 Å². The van der Waals surface area contributed by atoms with E-state index in [4.69, 9.17) is 4.42 Å². The lowest BCUT2D eigenvalue weighted by atomic mass is 10.0. The van der Waals surface area contributed by atoms with Gasteiger partial charge in [0.05, 0.1) is 19.1 Å². The molecule has 0 unspecified atom stereocenters. The summed E-state index contributed by atoms with van der Waals surface area (Å²) in [4.78, 5) is 63.2. The molecule has 45 heavy (non-hydrogen) atoms. The third kappa shape index (κ3) is 7.94. The Morgan fingerprint density at radius 3 is 2.62 bits per heavy atom. The smallest absolute Gasteiger partial charge is 0.273 e. The van der Waals surface area contributed by atoms with Crippen molar-refractivity contribution in [2.45, 2.75) is 52.2 Å². The number of thiazole rings is 1. The SMILES string of the molecule is Cc1nnnn1CCC(=O)N1CCNC(=O)c2coc(n2)[C@H](Cc2ccccc2)NC(=O)c2csc(n2)[C@H](C(C)C)NC(=O)C1. The normalized spacial score (nSPS) is 18.1. The number of aromatic nitrogens is 6. The predicted molar refractivity (Wildman–Crippen MR) is 161 cm³/mol. The zero-order chi connectivity index (χ0) is 31.9. The summed E-state index contributed by atoms with van der Waals surface area (Å²) >= 11 is 1.26. The molecule has 0 saturated heterocycles. The van der Waals surface area contributed by atoms with Gasteiger partial charge in [-0.3, -0.25) is 19.2 Å². The van der Waals surface area contributed by atoms with Crippen molar-refractivity contribution in [2.75, 3.05) is 19.6 Å². The van der Waals surface area contributed by atoms with Crippen LogP contribution in [0.4, 0.5) is 0 Å². The molecule has 0 radical (unpaired) electrons. The fourth-order valence-corrected chi connectivity index (χ4v) is 5.80. The van der Waals surface area contributed by atoms with Gasteiger partial charge in [0.1, 0.15) is 28.8 Å². The van der Waals surface area contributed by atoms with Crippen molar-refractivity contribution < 1.29 is 23.6 Å². The van der Waals surface area contributed by atoms with E-state index in [1.807, 2.05) is 44.2 Å². The minimum absolute atomic E-state index is 0.0129. The highest BCUT2D eigenvalue weighted by Crippen LogP contribution is 2.26. The first-order valence-corrected chi connectivity index (χ1v) is 15.4. The summed E-state index contributed by atoms with van der Waals surface area (Å²) in [7, 11) is 0. The first kappa shape index (κ1) is 31.4. The van der Waals surface area contributed by atoms with Crippen LogP contribution in [0.3, 0.4) is 0 Å². The zero-order valence-electron chi connectivity index (χ0n) is 25.1. The van der Waals surface area contributed by atoms with Crippen molar-refractivity contribution in [2.24, 2.45) is 5.92 Å². The molecule has 3 N–H and O–H groups in total. The average molecular weight is 635 g/mol. The molecule has 1 aliphatic rings. The largest absolute Gasteiger partial charge is 0.446 e. The summed E-state index contributed by atoms with van der Waals surface area (Å²) < 4.78 is 7.18. The average Bonchev–Trinajstić information content (AvgIpc) is 3.79. The molecule has 236 valence electrons. The third-order valence-corrected chi connectivity index (χ3v) is 8.18. The molecule has 4 aromatic rings. The lowest BCUT2D eigenvalue weighted by Gasteiger charge is -2.25. The first-order valence-electron chi connectivity index (χ1n) is 14.5. The number of carbonyl (C=O) groups is 4. The summed E-state index contributed by atoms with van der Waals surface area (Å²) in [5.74, 6) is -1.04. The summed E-state index contributed by atoms with van der Waals surface area (Å²) in [6.45, 7) is 5.69. The second-order valence-corrected chi connectivity index (χ2v) is 11.8. The van der Waals surface area contributed by atoms with E-state index in [9.17, 15) is 19.2 Å². The summed E-state index contributed by atoms with van der Waals surface area (Å²) in [5.41, 5.74) is 1.11. The first-order chi connectivity index (χ1) is 21.7. The number of amides is 4. The maximum atomic E-state index is 13.4. The Kier molecular flexibility index (Phi) is 9.92. The maximum absolute atomic E-state index is 13.4. The van der Waals surface area contributed by atoms with E-state index in [0.29, 0.717) is 17.3 Å². The number of nitrogens with one attached hydrogen (secondary N) is 3. The number of oxazole rings is 1. The Morgan fingerprint density at radius 2 is 1.89 bits per heavy atom.